The molecule has 0 amide bonds. The number of hydrogen-bond acceptors (Lipinski definition) is 4. The Morgan fingerprint density at radius 2 is 2.07 bits per heavy atom. The van der Waals surface area contributed by atoms with Gasteiger partial charge in [-0.05, 0) is 31.9 Å². The van der Waals surface area contributed by atoms with Crippen molar-refractivity contribution in [1.82, 2.24) is 30.3 Å². The third-order valence-corrected chi connectivity index (χ3v) is 5.19. The molecule has 1 aliphatic heterocycles. The number of aliphatic imine (C=N–C) groups is 1. The summed E-state index contributed by atoms with van der Waals surface area (Å²) in [5, 5.41) is 14.9. The summed E-state index contributed by atoms with van der Waals surface area (Å²) in [7, 11) is 0. The summed E-state index contributed by atoms with van der Waals surface area (Å²) in [6, 6.07) is 11.2. The molecule has 0 radical (unpaired) electrons. The van der Waals surface area contributed by atoms with Crippen LogP contribution in [0.2, 0.25) is 0 Å². The highest BCUT2D eigenvalue weighted by Gasteiger charge is 2.24. The molecule has 1 aliphatic rings. The Morgan fingerprint density at radius 3 is 2.86 bits per heavy atom. The van der Waals surface area contributed by atoms with Crippen LogP contribution in [0.15, 0.2) is 41.7 Å². The van der Waals surface area contributed by atoms with E-state index in [4.69, 9.17) is 4.99 Å². The molecule has 3 rings (SSSR count). The zero-order valence-corrected chi connectivity index (χ0v) is 17.1. The number of likely N-dealkylation sites (tertiary alicyclic amines) is 1. The molecule has 1 aromatic carbocycles. The van der Waals surface area contributed by atoms with Gasteiger partial charge in [-0.2, -0.15) is 0 Å². The van der Waals surface area contributed by atoms with Gasteiger partial charge in [-0.25, -0.2) is 0 Å². The van der Waals surface area contributed by atoms with E-state index in [0.29, 0.717) is 6.04 Å². The number of nitrogens with zero attached hydrogens (tertiary/aromatic N) is 5. The van der Waals surface area contributed by atoms with Crippen molar-refractivity contribution in [3.63, 3.8) is 0 Å². The number of aromatic nitrogens is 3. The van der Waals surface area contributed by atoms with Crippen LogP contribution in [-0.4, -0.2) is 57.8 Å². The predicted octanol–water partition coefficient (Wildman–Crippen LogP) is 2.06. The fourth-order valence-corrected chi connectivity index (χ4v) is 3.70. The van der Waals surface area contributed by atoms with E-state index < -0.39 is 0 Å². The Kier molecular flexibility index (Phi) is 7.84. The average molecular weight is 384 g/mol. The van der Waals surface area contributed by atoms with E-state index in [1.165, 1.54) is 18.4 Å². The first-order chi connectivity index (χ1) is 13.8. The maximum Gasteiger partial charge on any atom is 0.191 e. The Hall–Kier alpha value is -2.41. The molecule has 2 N–H and O–H groups in total. The second kappa shape index (κ2) is 10.8. The van der Waals surface area contributed by atoms with Gasteiger partial charge in [0.15, 0.2) is 5.96 Å². The van der Waals surface area contributed by atoms with Crippen molar-refractivity contribution in [1.29, 1.82) is 0 Å². The summed E-state index contributed by atoms with van der Waals surface area (Å²) in [6.07, 6.45) is 5.17. The molecule has 1 unspecified atom stereocenters. The van der Waals surface area contributed by atoms with E-state index in [0.717, 1.165) is 57.5 Å². The van der Waals surface area contributed by atoms with Gasteiger partial charge in [0, 0.05) is 38.6 Å². The largest absolute Gasteiger partial charge is 0.357 e. The van der Waals surface area contributed by atoms with E-state index in [1.54, 1.807) is 6.33 Å². The van der Waals surface area contributed by atoms with E-state index in [2.05, 4.69) is 74.5 Å². The topological polar surface area (TPSA) is 70.4 Å². The summed E-state index contributed by atoms with van der Waals surface area (Å²) in [5.74, 6) is 1.91. The fourth-order valence-electron chi connectivity index (χ4n) is 3.70. The Balaban J connectivity index is 1.51. The van der Waals surface area contributed by atoms with E-state index in [1.807, 2.05) is 0 Å². The quantitative estimate of drug-likeness (QED) is 0.512. The molecular formula is C21H33N7. The lowest BCUT2D eigenvalue weighted by Gasteiger charge is -2.23. The third kappa shape index (κ3) is 5.79. The van der Waals surface area contributed by atoms with Crippen LogP contribution in [0.4, 0.5) is 0 Å². The Bertz CT molecular complexity index is 725. The molecule has 1 saturated heterocycles. The van der Waals surface area contributed by atoms with Gasteiger partial charge in [0.1, 0.15) is 12.2 Å². The van der Waals surface area contributed by atoms with Crippen LogP contribution in [0.1, 0.15) is 38.1 Å². The highest BCUT2D eigenvalue weighted by Crippen LogP contribution is 2.20. The highest BCUT2D eigenvalue weighted by atomic mass is 15.3. The fraction of sp³-hybridized carbons (Fsp3) is 0.571. The van der Waals surface area contributed by atoms with Gasteiger partial charge < -0.3 is 15.2 Å². The van der Waals surface area contributed by atoms with Crippen LogP contribution >= 0.6 is 0 Å². The highest BCUT2D eigenvalue weighted by molar-refractivity contribution is 5.79. The number of aryl methyl sites for hydroxylation is 1. The molecular weight excluding hydrogens is 350 g/mol. The minimum Gasteiger partial charge on any atom is -0.357 e. The third-order valence-electron chi connectivity index (χ3n) is 5.19. The minimum atomic E-state index is 0.514. The first-order valence-corrected chi connectivity index (χ1v) is 10.5. The molecule has 1 atom stereocenters. The Labute approximate surface area is 168 Å². The molecule has 2 heterocycles. The normalized spacial score (nSPS) is 17.8. The van der Waals surface area contributed by atoms with Crippen LogP contribution in [-0.2, 0) is 19.5 Å². The number of benzene rings is 1. The summed E-state index contributed by atoms with van der Waals surface area (Å²) in [5.41, 5.74) is 1.38. The molecule has 7 nitrogen and oxygen atoms in total. The van der Waals surface area contributed by atoms with Gasteiger partial charge in [-0.3, -0.25) is 9.89 Å². The molecule has 7 heteroatoms. The summed E-state index contributed by atoms with van der Waals surface area (Å²) >= 11 is 0. The predicted molar refractivity (Wildman–Crippen MR) is 113 cm³/mol. The molecule has 0 bridgehead atoms. The summed E-state index contributed by atoms with van der Waals surface area (Å²) in [4.78, 5) is 7.42. The molecule has 0 spiro atoms. The standard InChI is InChI=1S/C21H33N7/c1-3-20-26-25-17-28(20)14-12-23-21(22-4-2)24-15-19-11-8-13-27(19)16-18-9-6-5-7-10-18/h5-7,9-10,17,19H,3-4,8,11-16H2,1-2H3,(H2,22,23,24). The van der Waals surface area contributed by atoms with Crippen molar-refractivity contribution < 1.29 is 0 Å². The molecule has 1 fully saturated rings. The van der Waals surface area contributed by atoms with Crippen LogP contribution in [0.25, 0.3) is 0 Å². The Morgan fingerprint density at radius 1 is 1.21 bits per heavy atom. The molecule has 0 saturated carbocycles. The second-order valence-electron chi connectivity index (χ2n) is 7.19. The first kappa shape index (κ1) is 20.3. The average Bonchev–Trinajstić information content (AvgIpc) is 3.36. The van der Waals surface area contributed by atoms with E-state index >= 15 is 0 Å². The maximum atomic E-state index is 4.86. The zero-order chi connectivity index (χ0) is 19.6. The van der Waals surface area contributed by atoms with Gasteiger partial charge in [-0.15, -0.1) is 10.2 Å². The monoisotopic (exact) mass is 383 g/mol. The van der Waals surface area contributed by atoms with Gasteiger partial charge in [0.25, 0.3) is 0 Å². The second-order valence-corrected chi connectivity index (χ2v) is 7.19. The number of guanidine groups is 1. The van der Waals surface area contributed by atoms with E-state index in [-0.39, 0.29) is 0 Å². The van der Waals surface area contributed by atoms with Gasteiger partial charge in [0.2, 0.25) is 0 Å². The van der Waals surface area contributed by atoms with Crippen LogP contribution < -0.4 is 10.6 Å². The van der Waals surface area contributed by atoms with Gasteiger partial charge in [0.05, 0.1) is 6.54 Å². The van der Waals surface area contributed by atoms with Crippen molar-refractivity contribution in [3.05, 3.63) is 48.0 Å². The smallest absolute Gasteiger partial charge is 0.191 e. The van der Waals surface area contributed by atoms with Gasteiger partial charge in [-0.1, -0.05) is 37.3 Å². The van der Waals surface area contributed by atoms with Crippen molar-refractivity contribution in [2.45, 2.75) is 52.2 Å². The number of hydrogen-bond donors (Lipinski definition) is 2. The van der Waals surface area contributed by atoms with Crippen molar-refractivity contribution in [2.24, 2.45) is 4.99 Å². The van der Waals surface area contributed by atoms with Crippen LogP contribution in [0, 0.1) is 0 Å². The SMILES string of the molecule is CCNC(=NCC1CCCN1Cc1ccccc1)NCCn1cnnc1CC. The van der Waals surface area contributed by atoms with Gasteiger partial charge >= 0.3 is 0 Å². The maximum absolute atomic E-state index is 4.86. The first-order valence-electron chi connectivity index (χ1n) is 10.5. The lowest BCUT2D eigenvalue weighted by atomic mass is 10.2. The molecule has 1 aromatic heterocycles. The molecule has 152 valence electrons. The number of nitrogens with one attached hydrogen (secondary N) is 2. The molecule has 0 aliphatic carbocycles. The van der Waals surface area contributed by atoms with Crippen LogP contribution in [0.3, 0.4) is 0 Å². The van der Waals surface area contributed by atoms with Crippen LogP contribution in [0.5, 0.6) is 0 Å². The lowest BCUT2D eigenvalue weighted by Crippen LogP contribution is -2.40. The lowest BCUT2D eigenvalue weighted by molar-refractivity contribution is 0.250. The molecule has 2 aromatic rings. The summed E-state index contributed by atoms with van der Waals surface area (Å²) in [6.45, 7) is 9.70. The van der Waals surface area contributed by atoms with Crippen molar-refractivity contribution in [2.75, 3.05) is 26.2 Å². The summed E-state index contributed by atoms with van der Waals surface area (Å²) < 4.78 is 2.09. The van der Waals surface area contributed by atoms with Crippen molar-refractivity contribution >= 4 is 5.96 Å². The zero-order valence-electron chi connectivity index (χ0n) is 17.1. The number of rotatable bonds is 9. The molecule has 28 heavy (non-hydrogen) atoms. The van der Waals surface area contributed by atoms with E-state index in [9.17, 15) is 0 Å². The van der Waals surface area contributed by atoms with Crippen molar-refractivity contribution in [3.8, 4) is 0 Å². The minimum absolute atomic E-state index is 0.514.